The van der Waals surface area contributed by atoms with Crippen molar-refractivity contribution >= 4 is 17.6 Å². The third kappa shape index (κ3) is 3.32. The highest BCUT2D eigenvalue weighted by molar-refractivity contribution is 5.95. The number of esters is 1. The number of carbonyl (C=O) groups is 2. The minimum absolute atomic E-state index is 0.0316. The van der Waals surface area contributed by atoms with E-state index in [1.807, 2.05) is 20.8 Å². The van der Waals surface area contributed by atoms with Gasteiger partial charge in [-0.15, -0.1) is 0 Å². The Labute approximate surface area is 107 Å². The molecule has 0 aromatic heterocycles. The molecule has 0 fully saturated rings. The number of ether oxygens (including phenoxy) is 1. The fourth-order valence-electron chi connectivity index (χ4n) is 1.27. The molecule has 0 spiro atoms. The number of hydrogen-bond acceptors (Lipinski definition) is 3. The van der Waals surface area contributed by atoms with Crippen LogP contribution in [0.2, 0.25) is 0 Å². The van der Waals surface area contributed by atoms with Crippen LogP contribution < -0.4 is 5.32 Å². The van der Waals surface area contributed by atoms with Gasteiger partial charge in [-0.3, -0.25) is 4.79 Å². The van der Waals surface area contributed by atoms with E-state index in [0.29, 0.717) is 11.3 Å². The molecule has 1 aromatic carbocycles. The lowest BCUT2D eigenvalue weighted by atomic mass is 9.89. The minimum Gasteiger partial charge on any atom is -0.465 e. The Bertz CT molecular complexity index is 435. The van der Waals surface area contributed by atoms with Crippen LogP contribution in [0.15, 0.2) is 24.3 Å². The first kappa shape index (κ1) is 14.2. The lowest BCUT2D eigenvalue weighted by Crippen LogP contribution is -2.29. The molecule has 0 aliphatic carbocycles. The zero-order valence-electron chi connectivity index (χ0n) is 11.2. The molecular formula is C14H19NO3. The van der Waals surface area contributed by atoms with Crippen molar-refractivity contribution < 1.29 is 14.3 Å². The molecule has 98 valence electrons. The normalized spacial score (nSPS) is 10.9. The molecule has 0 saturated carbocycles. The first-order chi connectivity index (χ1) is 8.40. The minimum atomic E-state index is -0.402. The summed E-state index contributed by atoms with van der Waals surface area (Å²) in [6.07, 6.45) is 0.763. The molecule has 1 amide bonds. The highest BCUT2D eigenvalue weighted by Gasteiger charge is 2.25. The fourth-order valence-corrected chi connectivity index (χ4v) is 1.27. The van der Waals surface area contributed by atoms with E-state index in [9.17, 15) is 9.59 Å². The Hall–Kier alpha value is -1.84. The zero-order valence-corrected chi connectivity index (χ0v) is 11.2. The topological polar surface area (TPSA) is 55.4 Å². The van der Waals surface area contributed by atoms with Gasteiger partial charge in [0.2, 0.25) is 5.91 Å². The van der Waals surface area contributed by atoms with E-state index in [1.54, 1.807) is 24.3 Å². The average molecular weight is 249 g/mol. The van der Waals surface area contributed by atoms with Crippen molar-refractivity contribution in [3.63, 3.8) is 0 Å². The molecule has 1 aromatic rings. The van der Waals surface area contributed by atoms with Crippen LogP contribution in [-0.2, 0) is 9.53 Å². The van der Waals surface area contributed by atoms with Gasteiger partial charge in [0.15, 0.2) is 0 Å². The predicted octanol–water partition coefficient (Wildman–Crippen LogP) is 2.85. The Kier molecular flexibility index (Phi) is 4.48. The Morgan fingerprint density at radius 2 is 1.78 bits per heavy atom. The summed E-state index contributed by atoms with van der Waals surface area (Å²) in [5, 5.41) is 2.83. The van der Waals surface area contributed by atoms with E-state index in [-0.39, 0.29) is 11.9 Å². The molecule has 0 heterocycles. The van der Waals surface area contributed by atoms with E-state index in [4.69, 9.17) is 0 Å². The Balaban J connectivity index is 2.76. The number of amides is 1. The van der Waals surface area contributed by atoms with Gasteiger partial charge < -0.3 is 10.1 Å². The molecule has 0 bridgehead atoms. The van der Waals surface area contributed by atoms with Crippen molar-refractivity contribution in [2.24, 2.45) is 5.41 Å². The molecule has 0 radical (unpaired) electrons. The summed E-state index contributed by atoms with van der Waals surface area (Å²) < 4.78 is 4.60. The van der Waals surface area contributed by atoms with E-state index in [0.717, 1.165) is 6.42 Å². The predicted molar refractivity (Wildman–Crippen MR) is 70.5 cm³/mol. The third-order valence-corrected chi connectivity index (χ3v) is 3.06. The van der Waals surface area contributed by atoms with Crippen molar-refractivity contribution in [3.8, 4) is 0 Å². The summed E-state index contributed by atoms with van der Waals surface area (Å²) >= 11 is 0. The number of carbonyl (C=O) groups excluding carboxylic acids is 2. The van der Waals surface area contributed by atoms with Crippen molar-refractivity contribution in [1.29, 1.82) is 0 Å². The third-order valence-electron chi connectivity index (χ3n) is 3.06. The maximum absolute atomic E-state index is 11.9. The molecule has 0 saturated heterocycles. The number of rotatable bonds is 4. The first-order valence-electron chi connectivity index (χ1n) is 5.90. The summed E-state index contributed by atoms with van der Waals surface area (Å²) in [7, 11) is 1.34. The van der Waals surface area contributed by atoms with Crippen LogP contribution in [0.25, 0.3) is 0 Å². The summed E-state index contributed by atoms with van der Waals surface area (Å²) in [4.78, 5) is 23.2. The standard InChI is InChI=1S/C14H19NO3/c1-5-14(2,3)13(17)15-11-8-6-10(7-9-11)12(16)18-4/h6-9H,5H2,1-4H3,(H,15,17). The molecule has 18 heavy (non-hydrogen) atoms. The monoisotopic (exact) mass is 249 g/mol. The molecule has 0 unspecified atom stereocenters. The van der Waals surface area contributed by atoms with Crippen molar-refractivity contribution in [1.82, 2.24) is 0 Å². The highest BCUT2D eigenvalue weighted by Crippen LogP contribution is 2.22. The number of benzene rings is 1. The maximum Gasteiger partial charge on any atom is 0.337 e. The van der Waals surface area contributed by atoms with Crippen LogP contribution in [0.3, 0.4) is 0 Å². The second-order valence-electron chi connectivity index (χ2n) is 4.76. The van der Waals surface area contributed by atoms with Crippen molar-refractivity contribution in [3.05, 3.63) is 29.8 Å². The van der Waals surface area contributed by atoms with Crippen molar-refractivity contribution in [2.75, 3.05) is 12.4 Å². The van der Waals surface area contributed by atoms with Crippen LogP contribution in [0.5, 0.6) is 0 Å². The molecule has 0 atom stereocenters. The largest absolute Gasteiger partial charge is 0.465 e. The van der Waals surface area contributed by atoms with Gasteiger partial charge in [0, 0.05) is 11.1 Å². The second kappa shape index (κ2) is 5.67. The molecule has 1 N–H and O–H groups in total. The Morgan fingerprint density at radius 3 is 2.22 bits per heavy atom. The van der Waals surface area contributed by atoms with Crippen LogP contribution in [0.4, 0.5) is 5.69 Å². The van der Waals surface area contributed by atoms with Gasteiger partial charge in [-0.05, 0) is 30.7 Å². The molecular weight excluding hydrogens is 230 g/mol. The van der Waals surface area contributed by atoms with E-state index < -0.39 is 5.41 Å². The van der Waals surface area contributed by atoms with Gasteiger partial charge in [-0.1, -0.05) is 20.8 Å². The van der Waals surface area contributed by atoms with Crippen LogP contribution in [-0.4, -0.2) is 19.0 Å². The van der Waals surface area contributed by atoms with Gasteiger partial charge in [0.05, 0.1) is 12.7 Å². The van der Waals surface area contributed by atoms with Crippen LogP contribution in [0.1, 0.15) is 37.6 Å². The highest BCUT2D eigenvalue weighted by atomic mass is 16.5. The van der Waals surface area contributed by atoms with Gasteiger partial charge in [0.1, 0.15) is 0 Å². The number of anilines is 1. The smallest absolute Gasteiger partial charge is 0.337 e. The van der Waals surface area contributed by atoms with Crippen LogP contribution in [0, 0.1) is 5.41 Å². The van der Waals surface area contributed by atoms with E-state index in [2.05, 4.69) is 10.1 Å². The van der Waals surface area contributed by atoms with Gasteiger partial charge in [0.25, 0.3) is 0 Å². The van der Waals surface area contributed by atoms with Gasteiger partial charge in [-0.25, -0.2) is 4.79 Å². The number of nitrogens with one attached hydrogen (secondary N) is 1. The maximum atomic E-state index is 11.9. The lowest BCUT2D eigenvalue weighted by molar-refractivity contribution is -0.124. The summed E-state index contributed by atoms with van der Waals surface area (Å²) in [5.74, 6) is -0.419. The van der Waals surface area contributed by atoms with Gasteiger partial charge >= 0.3 is 5.97 Å². The van der Waals surface area contributed by atoms with Crippen molar-refractivity contribution in [2.45, 2.75) is 27.2 Å². The molecule has 0 aliphatic heterocycles. The van der Waals surface area contributed by atoms with E-state index in [1.165, 1.54) is 7.11 Å². The summed E-state index contributed by atoms with van der Waals surface area (Å²) in [5.41, 5.74) is 0.737. The van der Waals surface area contributed by atoms with Crippen LogP contribution >= 0.6 is 0 Å². The summed E-state index contributed by atoms with van der Waals surface area (Å²) in [6, 6.07) is 6.63. The lowest BCUT2D eigenvalue weighted by Gasteiger charge is -2.21. The Morgan fingerprint density at radius 1 is 1.22 bits per heavy atom. The summed E-state index contributed by atoms with van der Waals surface area (Å²) in [6.45, 7) is 5.76. The quantitative estimate of drug-likeness (QED) is 0.835. The SMILES string of the molecule is CCC(C)(C)C(=O)Nc1ccc(C(=O)OC)cc1. The second-order valence-corrected chi connectivity index (χ2v) is 4.76. The fraction of sp³-hybridized carbons (Fsp3) is 0.429. The van der Waals surface area contributed by atoms with E-state index >= 15 is 0 Å². The molecule has 4 nitrogen and oxygen atoms in total. The molecule has 1 rings (SSSR count). The first-order valence-corrected chi connectivity index (χ1v) is 5.90. The zero-order chi connectivity index (χ0) is 13.8. The molecule has 0 aliphatic rings. The van der Waals surface area contributed by atoms with Gasteiger partial charge in [-0.2, -0.15) is 0 Å². The average Bonchev–Trinajstić information content (AvgIpc) is 2.38. The number of methoxy groups -OCH3 is 1. The molecule has 4 heteroatoms. The number of hydrogen-bond donors (Lipinski definition) is 1.